The molecule has 6 heteroatoms. The van der Waals surface area contributed by atoms with Crippen LogP contribution in [0.3, 0.4) is 0 Å². The number of ether oxygens (including phenoxy) is 1. The fourth-order valence-electron chi connectivity index (χ4n) is 7.61. The molecule has 3 aromatic heterocycles. The van der Waals surface area contributed by atoms with Crippen molar-refractivity contribution >= 4 is 21.8 Å². The van der Waals surface area contributed by atoms with Gasteiger partial charge >= 0.3 is 21.1 Å². The van der Waals surface area contributed by atoms with Gasteiger partial charge in [-0.1, -0.05) is 95.4 Å². The van der Waals surface area contributed by atoms with Crippen molar-refractivity contribution in [2.24, 2.45) is 5.92 Å². The van der Waals surface area contributed by atoms with E-state index in [9.17, 15) is 0 Å². The van der Waals surface area contributed by atoms with E-state index in [4.69, 9.17) is 14.8 Å². The van der Waals surface area contributed by atoms with Crippen LogP contribution in [-0.4, -0.2) is 19.3 Å². The SMILES string of the molecule is CCCC(C)CC(C)c1ccc2c(c1)c1ccc(Oc3[c-]c(-n4nc(C)c(-c5ccccc5)c4C)cc(C(C)C)c3)[c-]c1n2-c1cc(C)ccn1.[Pt+2]. The summed E-state index contributed by atoms with van der Waals surface area (Å²) >= 11 is 0. The van der Waals surface area contributed by atoms with Crippen molar-refractivity contribution in [2.75, 3.05) is 0 Å². The average Bonchev–Trinajstić information content (AvgIpc) is 3.60. The number of aromatic nitrogens is 4. The van der Waals surface area contributed by atoms with E-state index in [0.717, 1.165) is 61.6 Å². The molecule has 0 saturated heterocycles. The Morgan fingerprint density at radius 2 is 1.58 bits per heavy atom. The van der Waals surface area contributed by atoms with E-state index >= 15 is 0 Å². The van der Waals surface area contributed by atoms with E-state index in [1.165, 1.54) is 30.2 Å². The predicted octanol–water partition coefficient (Wildman–Crippen LogP) is 12.4. The summed E-state index contributed by atoms with van der Waals surface area (Å²) in [5.74, 6) is 3.59. The van der Waals surface area contributed by atoms with Crippen molar-refractivity contribution in [3.8, 4) is 34.1 Å². The quantitative estimate of drug-likeness (QED) is 0.122. The molecule has 0 bridgehead atoms. The number of hydrogen-bond acceptors (Lipinski definition) is 3. The third-order valence-electron chi connectivity index (χ3n) is 10.2. The topological polar surface area (TPSA) is 44.9 Å². The van der Waals surface area contributed by atoms with Crippen molar-refractivity contribution in [2.45, 2.75) is 86.5 Å². The van der Waals surface area contributed by atoms with Gasteiger partial charge < -0.3 is 9.30 Å². The second-order valence-electron chi connectivity index (χ2n) is 14.7. The van der Waals surface area contributed by atoms with Gasteiger partial charge in [0.05, 0.1) is 5.69 Å². The largest absolute Gasteiger partial charge is 2.00 e. The van der Waals surface area contributed by atoms with E-state index in [-0.39, 0.29) is 27.0 Å². The van der Waals surface area contributed by atoms with Gasteiger partial charge in [0, 0.05) is 34.5 Å². The zero-order chi connectivity index (χ0) is 35.8. The van der Waals surface area contributed by atoms with Gasteiger partial charge in [0.25, 0.3) is 0 Å². The number of rotatable bonds is 11. The second-order valence-corrected chi connectivity index (χ2v) is 14.7. The molecule has 3 heterocycles. The third-order valence-corrected chi connectivity index (χ3v) is 10.2. The molecule has 2 atom stereocenters. The molecule has 2 unspecified atom stereocenters. The molecule has 268 valence electrons. The molecule has 5 nitrogen and oxygen atoms in total. The maximum absolute atomic E-state index is 6.65. The second kappa shape index (κ2) is 15.6. The van der Waals surface area contributed by atoms with E-state index in [2.05, 4.69) is 139 Å². The number of nitrogens with zero attached hydrogens (tertiary/aromatic N) is 4. The molecule has 0 amide bonds. The predicted molar refractivity (Wildman–Crippen MR) is 211 cm³/mol. The van der Waals surface area contributed by atoms with Crippen LogP contribution in [0.15, 0.2) is 91.1 Å². The maximum Gasteiger partial charge on any atom is 2.00 e. The first-order valence-corrected chi connectivity index (χ1v) is 18.4. The normalized spacial score (nSPS) is 12.7. The Labute approximate surface area is 323 Å². The Hall–Kier alpha value is -4.47. The smallest absolute Gasteiger partial charge is 0.509 e. The molecule has 0 aliphatic carbocycles. The van der Waals surface area contributed by atoms with Crippen LogP contribution < -0.4 is 4.74 Å². The summed E-state index contributed by atoms with van der Waals surface area (Å²) in [7, 11) is 0. The molecule has 4 aromatic carbocycles. The molecule has 0 N–H and O–H groups in total. The van der Waals surface area contributed by atoms with Crippen molar-refractivity contribution < 1.29 is 25.8 Å². The summed E-state index contributed by atoms with van der Waals surface area (Å²) < 4.78 is 10.9. The molecule has 7 rings (SSSR count). The van der Waals surface area contributed by atoms with Gasteiger partial charge in [-0.05, 0) is 90.9 Å². The Balaban J connectivity index is 0.00000464. The number of aryl methyl sites for hydroxylation is 2. The maximum atomic E-state index is 6.65. The number of pyridine rings is 1. The Kier molecular flexibility index (Phi) is 11.2. The van der Waals surface area contributed by atoms with Gasteiger partial charge in [-0.25, -0.2) is 4.98 Å². The molecular formula is C46H48N4OPt. The molecular weight excluding hydrogens is 820 g/mol. The Morgan fingerprint density at radius 1 is 0.788 bits per heavy atom. The van der Waals surface area contributed by atoms with Crippen LogP contribution >= 0.6 is 0 Å². The van der Waals surface area contributed by atoms with Crippen LogP contribution in [0.1, 0.15) is 93.8 Å². The van der Waals surface area contributed by atoms with E-state index in [1.807, 2.05) is 29.1 Å². The monoisotopic (exact) mass is 867 g/mol. The molecule has 7 aromatic rings. The standard InChI is InChI=1S/C46H48N4O.Pt/c1-9-13-30(4)22-32(6)36-16-19-43-42(26-36)41-18-17-39(28-44(41)49(43)45-23-31(5)20-21-47-45)51-40-25-37(29(2)3)24-38(27-40)50-34(8)46(33(7)48-50)35-14-11-10-12-15-35;/h10-12,14-21,23-26,29-30,32H,9,13,22H2,1-8H3;/q-2;+2. The van der Waals surface area contributed by atoms with Crippen LogP contribution in [0.25, 0.3) is 44.4 Å². The summed E-state index contributed by atoms with van der Waals surface area (Å²) in [6.07, 6.45) is 5.55. The first-order valence-electron chi connectivity index (χ1n) is 18.4. The van der Waals surface area contributed by atoms with Gasteiger partial charge in [0.1, 0.15) is 5.82 Å². The average molecular weight is 868 g/mol. The van der Waals surface area contributed by atoms with Gasteiger partial charge in [-0.3, -0.25) is 4.68 Å². The minimum absolute atomic E-state index is 0. The fraction of sp³-hybridized carbons (Fsp3) is 0.304. The first-order chi connectivity index (χ1) is 24.6. The van der Waals surface area contributed by atoms with Crippen LogP contribution in [0.4, 0.5) is 0 Å². The molecule has 52 heavy (non-hydrogen) atoms. The molecule has 0 saturated carbocycles. The number of hydrogen-bond donors (Lipinski definition) is 0. The molecule has 0 radical (unpaired) electrons. The zero-order valence-corrected chi connectivity index (χ0v) is 33.8. The summed E-state index contributed by atoms with van der Waals surface area (Å²) in [6, 6.07) is 37.2. The van der Waals surface area contributed by atoms with Gasteiger partial charge in [-0.2, -0.15) is 11.2 Å². The minimum atomic E-state index is 0. The van der Waals surface area contributed by atoms with Crippen LogP contribution in [0, 0.1) is 38.8 Å². The summed E-state index contributed by atoms with van der Waals surface area (Å²) in [5.41, 5.74) is 10.9. The van der Waals surface area contributed by atoms with Crippen LogP contribution in [-0.2, 0) is 21.1 Å². The summed E-state index contributed by atoms with van der Waals surface area (Å²) in [6.45, 7) is 17.7. The van der Waals surface area contributed by atoms with Crippen molar-refractivity contribution in [1.82, 2.24) is 19.3 Å². The molecule has 0 aliphatic rings. The molecule has 0 aliphatic heterocycles. The fourth-order valence-corrected chi connectivity index (χ4v) is 7.61. The molecule has 0 fully saturated rings. The molecule has 0 spiro atoms. The van der Waals surface area contributed by atoms with E-state index in [1.54, 1.807) is 0 Å². The Bertz CT molecular complexity index is 2330. The summed E-state index contributed by atoms with van der Waals surface area (Å²) in [4.78, 5) is 4.81. The van der Waals surface area contributed by atoms with Crippen LogP contribution in [0.2, 0.25) is 0 Å². The third kappa shape index (κ3) is 7.39. The first kappa shape index (κ1) is 37.3. The zero-order valence-electron chi connectivity index (χ0n) is 31.5. The number of benzene rings is 4. The van der Waals surface area contributed by atoms with Crippen molar-refractivity contribution in [3.63, 3.8) is 0 Å². The van der Waals surface area contributed by atoms with Gasteiger partial charge in [0.15, 0.2) is 0 Å². The minimum Gasteiger partial charge on any atom is -0.509 e. The van der Waals surface area contributed by atoms with Crippen molar-refractivity contribution in [1.29, 1.82) is 0 Å². The van der Waals surface area contributed by atoms with E-state index in [0.29, 0.717) is 23.3 Å². The summed E-state index contributed by atoms with van der Waals surface area (Å²) in [5, 5.41) is 7.32. The van der Waals surface area contributed by atoms with E-state index < -0.39 is 0 Å². The number of fused-ring (bicyclic) bond motifs is 3. The van der Waals surface area contributed by atoms with Gasteiger partial charge in [0.2, 0.25) is 0 Å². The van der Waals surface area contributed by atoms with Gasteiger partial charge in [-0.15, -0.1) is 41.3 Å². The van der Waals surface area contributed by atoms with Crippen LogP contribution in [0.5, 0.6) is 11.5 Å². The Morgan fingerprint density at radius 3 is 2.31 bits per heavy atom. The van der Waals surface area contributed by atoms with Crippen molar-refractivity contribution in [3.05, 3.63) is 131 Å².